The van der Waals surface area contributed by atoms with E-state index in [-0.39, 0.29) is 5.54 Å². The molecule has 156 valence electrons. The summed E-state index contributed by atoms with van der Waals surface area (Å²) in [5, 5.41) is 2.62. The predicted molar refractivity (Wildman–Crippen MR) is 129 cm³/mol. The fourth-order valence-electron chi connectivity index (χ4n) is 5.68. The maximum atomic E-state index is 4.99. The Balaban J connectivity index is 1.83. The highest BCUT2D eigenvalue weighted by Crippen LogP contribution is 2.46. The van der Waals surface area contributed by atoms with E-state index < -0.39 is 0 Å². The van der Waals surface area contributed by atoms with Crippen LogP contribution >= 0.6 is 0 Å². The lowest BCUT2D eigenvalue weighted by atomic mass is 9.71. The molecule has 0 saturated carbocycles. The summed E-state index contributed by atoms with van der Waals surface area (Å²) in [7, 11) is 0. The molecule has 0 bridgehead atoms. The van der Waals surface area contributed by atoms with E-state index in [1.807, 2.05) is 0 Å². The van der Waals surface area contributed by atoms with Crippen LogP contribution in [0.25, 0.3) is 33.3 Å². The minimum absolute atomic E-state index is 0.0397. The number of fused-ring (bicyclic) bond motifs is 4. The molecular weight excluding hydrogens is 376 g/mol. The molecule has 3 aromatic carbocycles. The van der Waals surface area contributed by atoms with Crippen LogP contribution in [-0.4, -0.2) is 4.98 Å². The summed E-state index contributed by atoms with van der Waals surface area (Å²) in [4.78, 5) is 4.99. The first-order valence-corrected chi connectivity index (χ1v) is 11.5. The average Bonchev–Trinajstić information content (AvgIpc) is 2.80. The van der Waals surface area contributed by atoms with Crippen molar-refractivity contribution < 1.29 is 4.57 Å². The molecule has 1 unspecified atom stereocenters. The maximum Gasteiger partial charge on any atom is 0.287 e. The normalized spacial score (nSPS) is 16.7. The predicted octanol–water partition coefficient (Wildman–Crippen LogP) is 7.11. The van der Waals surface area contributed by atoms with Gasteiger partial charge in [0.2, 0.25) is 0 Å². The Morgan fingerprint density at radius 2 is 1.58 bits per heavy atom. The van der Waals surface area contributed by atoms with Crippen molar-refractivity contribution in [1.82, 2.24) is 4.98 Å². The lowest BCUT2D eigenvalue weighted by molar-refractivity contribution is -0.764. The number of aryl methyl sites for hydroxylation is 2. The zero-order valence-electron chi connectivity index (χ0n) is 19.2. The van der Waals surface area contributed by atoms with Gasteiger partial charge in [-0.25, -0.2) is 4.57 Å². The minimum Gasteiger partial charge on any atom is -0.224 e. The van der Waals surface area contributed by atoms with Gasteiger partial charge in [-0.3, -0.25) is 0 Å². The standard InChI is InChI=1S/C29H31N2/c1-6-29(7-2)21(5)25-15-22-10-8-9-11-23(22)16-26(25)28-17-27(30-18-31(28)29)24-14-19(3)12-13-20(24)4/h8-18,21H,6-7H2,1-5H3/q+1. The Morgan fingerprint density at radius 1 is 0.871 bits per heavy atom. The van der Waals surface area contributed by atoms with Crippen LogP contribution in [0.1, 0.15) is 56.2 Å². The molecule has 2 nitrogen and oxygen atoms in total. The van der Waals surface area contributed by atoms with Crippen LogP contribution in [0.2, 0.25) is 0 Å². The van der Waals surface area contributed by atoms with Crippen molar-refractivity contribution in [2.24, 2.45) is 0 Å². The molecule has 0 amide bonds. The van der Waals surface area contributed by atoms with Crippen molar-refractivity contribution in [3.05, 3.63) is 83.7 Å². The van der Waals surface area contributed by atoms with Crippen LogP contribution in [0.4, 0.5) is 0 Å². The topological polar surface area (TPSA) is 16.8 Å². The van der Waals surface area contributed by atoms with Gasteiger partial charge in [-0.1, -0.05) is 62.7 Å². The zero-order valence-corrected chi connectivity index (χ0v) is 19.2. The van der Waals surface area contributed by atoms with Crippen molar-refractivity contribution in [2.45, 2.75) is 58.9 Å². The maximum absolute atomic E-state index is 4.99. The number of hydrogen-bond acceptors (Lipinski definition) is 1. The summed E-state index contributed by atoms with van der Waals surface area (Å²) < 4.78 is 2.48. The molecule has 1 aliphatic rings. The van der Waals surface area contributed by atoms with Crippen LogP contribution in [0.3, 0.4) is 0 Å². The zero-order chi connectivity index (χ0) is 21.8. The Labute approximate surface area is 185 Å². The lowest BCUT2D eigenvalue weighted by Crippen LogP contribution is -2.61. The molecule has 2 heterocycles. The van der Waals surface area contributed by atoms with E-state index in [1.54, 1.807) is 0 Å². The van der Waals surface area contributed by atoms with Gasteiger partial charge in [-0.2, -0.15) is 0 Å². The van der Waals surface area contributed by atoms with Gasteiger partial charge in [0, 0.05) is 23.1 Å². The van der Waals surface area contributed by atoms with Crippen LogP contribution in [0.15, 0.2) is 67.0 Å². The Bertz CT molecular complexity index is 1300. The van der Waals surface area contributed by atoms with Gasteiger partial charge in [-0.05, 0) is 71.8 Å². The molecule has 0 radical (unpaired) electrons. The van der Waals surface area contributed by atoms with E-state index in [0.717, 1.165) is 18.5 Å². The van der Waals surface area contributed by atoms with Crippen LogP contribution < -0.4 is 4.57 Å². The van der Waals surface area contributed by atoms with Crippen LogP contribution in [-0.2, 0) is 5.54 Å². The lowest BCUT2D eigenvalue weighted by Gasteiger charge is -2.41. The number of nitrogens with zero attached hydrogens (tertiary/aromatic N) is 2. The van der Waals surface area contributed by atoms with Gasteiger partial charge in [-0.15, -0.1) is 0 Å². The third-order valence-corrected chi connectivity index (χ3v) is 7.68. The number of rotatable bonds is 3. The smallest absolute Gasteiger partial charge is 0.224 e. The van der Waals surface area contributed by atoms with Gasteiger partial charge in [0.1, 0.15) is 11.2 Å². The monoisotopic (exact) mass is 407 g/mol. The fourth-order valence-corrected chi connectivity index (χ4v) is 5.68. The van der Waals surface area contributed by atoms with Crippen molar-refractivity contribution in [3.8, 4) is 22.5 Å². The fraction of sp³-hybridized carbons (Fsp3) is 0.310. The highest BCUT2D eigenvalue weighted by atomic mass is 15.1. The van der Waals surface area contributed by atoms with E-state index in [0.29, 0.717) is 5.92 Å². The molecule has 0 aliphatic carbocycles. The summed E-state index contributed by atoms with van der Waals surface area (Å²) in [6.45, 7) is 11.4. The highest BCUT2D eigenvalue weighted by Gasteiger charge is 2.46. The second-order valence-corrected chi connectivity index (χ2v) is 9.17. The molecule has 1 aliphatic heterocycles. The Morgan fingerprint density at radius 3 is 2.29 bits per heavy atom. The second kappa shape index (κ2) is 7.30. The van der Waals surface area contributed by atoms with E-state index in [9.17, 15) is 0 Å². The highest BCUT2D eigenvalue weighted by molar-refractivity contribution is 5.89. The van der Waals surface area contributed by atoms with E-state index in [2.05, 4.69) is 106 Å². The molecule has 0 spiro atoms. The van der Waals surface area contributed by atoms with E-state index >= 15 is 0 Å². The Hall–Kier alpha value is -3.00. The van der Waals surface area contributed by atoms with Gasteiger partial charge in [0.25, 0.3) is 6.33 Å². The number of hydrogen-bond donors (Lipinski definition) is 0. The first-order valence-electron chi connectivity index (χ1n) is 11.5. The first kappa shape index (κ1) is 19.9. The van der Waals surface area contributed by atoms with Crippen molar-refractivity contribution in [1.29, 1.82) is 0 Å². The third-order valence-electron chi connectivity index (χ3n) is 7.68. The quantitative estimate of drug-likeness (QED) is 0.331. The van der Waals surface area contributed by atoms with Crippen molar-refractivity contribution in [3.63, 3.8) is 0 Å². The molecule has 0 fully saturated rings. The Kier molecular flexibility index (Phi) is 4.69. The van der Waals surface area contributed by atoms with Crippen molar-refractivity contribution in [2.75, 3.05) is 0 Å². The molecule has 4 aromatic rings. The minimum atomic E-state index is 0.0397. The van der Waals surface area contributed by atoms with Gasteiger partial charge in [0.05, 0.1) is 0 Å². The van der Waals surface area contributed by atoms with E-state index in [4.69, 9.17) is 4.98 Å². The molecule has 5 rings (SSSR count). The first-order chi connectivity index (χ1) is 15.0. The average molecular weight is 408 g/mol. The molecule has 1 aromatic heterocycles. The summed E-state index contributed by atoms with van der Waals surface area (Å²) in [6.07, 6.45) is 4.27. The summed E-state index contributed by atoms with van der Waals surface area (Å²) in [5.74, 6) is 0.424. The molecule has 0 N–H and O–H groups in total. The number of benzene rings is 3. The molecule has 2 heteroatoms. The third kappa shape index (κ3) is 2.92. The summed E-state index contributed by atoms with van der Waals surface area (Å²) in [6, 6.07) is 22.5. The molecule has 31 heavy (non-hydrogen) atoms. The summed E-state index contributed by atoms with van der Waals surface area (Å²) >= 11 is 0. The van der Waals surface area contributed by atoms with Gasteiger partial charge >= 0.3 is 0 Å². The van der Waals surface area contributed by atoms with Gasteiger partial charge < -0.3 is 0 Å². The SMILES string of the molecule is CCC1(CC)C(C)c2cc3ccccc3cc2-c2cc(-c3cc(C)ccc3C)nc[n+]21. The molecule has 1 atom stereocenters. The number of aromatic nitrogens is 2. The van der Waals surface area contributed by atoms with Crippen LogP contribution in [0, 0.1) is 13.8 Å². The van der Waals surface area contributed by atoms with Crippen molar-refractivity contribution >= 4 is 10.8 Å². The van der Waals surface area contributed by atoms with Crippen LogP contribution in [0.5, 0.6) is 0 Å². The van der Waals surface area contributed by atoms with E-state index in [1.165, 1.54) is 44.3 Å². The second-order valence-electron chi connectivity index (χ2n) is 9.17. The summed E-state index contributed by atoms with van der Waals surface area (Å²) in [5.41, 5.74) is 8.95. The largest absolute Gasteiger partial charge is 0.287 e. The molecular formula is C29H31N2+. The van der Waals surface area contributed by atoms with Gasteiger partial charge in [0.15, 0.2) is 5.69 Å². The molecule has 0 saturated heterocycles.